The molecule has 0 unspecified atom stereocenters. The Bertz CT molecular complexity index is 783. The molecule has 0 heterocycles. The van der Waals surface area contributed by atoms with Crippen LogP contribution in [-0.4, -0.2) is 25.6 Å². The van der Waals surface area contributed by atoms with E-state index in [2.05, 4.69) is 10.3 Å². The van der Waals surface area contributed by atoms with Crippen molar-refractivity contribution in [2.45, 2.75) is 13.1 Å². The van der Waals surface area contributed by atoms with Gasteiger partial charge in [0, 0.05) is 5.56 Å². The Morgan fingerprint density at radius 2 is 1.31 bits per heavy atom. The van der Waals surface area contributed by atoms with Gasteiger partial charge >= 0.3 is 6.18 Å². The van der Waals surface area contributed by atoms with E-state index in [-0.39, 0.29) is 0 Å². The van der Waals surface area contributed by atoms with E-state index < -0.39 is 11.7 Å². The average Bonchev–Trinajstić information content (AvgIpc) is 2.60. The minimum Gasteiger partial charge on any atom is -0.457 e. The minimum absolute atomic E-state index is 0.300. The van der Waals surface area contributed by atoms with Gasteiger partial charge in [-0.2, -0.15) is 13.2 Å². The van der Waals surface area contributed by atoms with Gasteiger partial charge in [-0.1, -0.05) is 10.3 Å². The first-order valence-corrected chi connectivity index (χ1v) is 7.50. The monoisotopic (exact) mass is 366 g/mol. The zero-order valence-corrected chi connectivity index (χ0v) is 14.4. The number of halogens is 3. The molecule has 0 bridgehead atoms. The van der Waals surface area contributed by atoms with Crippen molar-refractivity contribution in [2.24, 2.45) is 10.3 Å². The second-order valence-electron chi connectivity index (χ2n) is 5.13. The third-order valence-corrected chi connectivity index (χ3v) is 3.30. The van der Waals surface area contributed by atoms with Crippen LogP contribution in [0.4, 0.5) is 13.2 Å². The zero-order chi connectivity index (χ0) is 19.2. The maximum absolute atomic E-state index is 12.6. The van der Waals surface area contributed by atoms with Crippen LogP contribution >= 0.6 is 0 Å². The van der Waals surface area contributed by atoms with Crippen molar-refractivity contribution < 1.29 is 27.6 Å². The van der Waals surface area contributed by atoms with Crippen molar-refractivity contribution in [3.63, 3.8) is 0 Å². The van der Waals surface area contributed by atoms with Gasteiger partial charge < -0.3 is 14.4 Å². The molecule has 0 aliphatic rings. The van der Waals surface area contributed by atoms with Crippen molar-refractivity contribution in [2.75, 3.05) is 14.2 Å². The lowest BCUT2D eigenvalue weighted by Crippen LogP contribution is -2.13. The van der Waals surface area contributed by atoms with Gasteiger partial charge in [0.15, 0.2) is 0 Å². The molecule has 26 heavy (non-hydrogen) atoms. The molecule has 0 radical (unpaired) electrons. The number of ether oxygens (including phenoxy) is 1. The first-order valence-electron chi connectivity index (χ1n) is 7.50. The second-order valence-corrected chi connectivity index (χ2v) is 5.13. The van der Waals surface area contributed by atoms with E-state index in [0.717, 1.165) is 12.1 Å². The third-order valence-electron chi connectivity index (χ3n) is 3.30. The molecule has 8 heteroatoms. The molecule has 138 valence electrons. The maximum Gasteiger partial charge on any atom is 0.416 e. The van der Waals surface area contributed by atoms with E-state index in [1.807, 2.05) is 0 Å². The molecule has 2 aromatic carbocycles. The molecule has 0 saturated heterocycles. The van der Waals surface area contributed by atoms with Gasteiger partial charge in [-0.3, -0.25) is 0 Å². The van der Waals surface area contributed by atoms with Gasteiger partial charge in [0.1, 0.15) is 37.1 Å². The van der Waals surface area contributed by atoms with Gasteiger partial charge in [-0.15, -0.1) is 0 Å². The molecule has 0 spiro atoms. The van der Waals surface area contributed by atoms with Gasteiger partial charge in [0.05, 0.1) is 5.56 Å². The largest absolute Gasteiger partial charge is 0.457 e. The highest BCUT2D eigenvalue weighted by Crippen LogP contribution is 2.31. The number of rotatable bonds is 6. The molecule has 2 rings (SSSR count). The highest BCUT2D eigenvalue weighted by molar-refractivity contribution is 6.47. The van der Waals surface area contributed by atoms with Crippen molar-refractivity contribution in [1.29, 1.82) is 0 Å². The molecule has 5 nitrogen and oxygen atoms in total. The molecule has 0 aliphatic carbocycles. The Morgan fingerprint density at radius 1 is 0.808 bits per heavy atom. The van der Waals surface area contributed by atoms with Gasteiger partial charge in [-0.25, -0.2) is 0 Å². The highest BCUT2D eigenvalue weighted by atomic mass is 19.4. The van der Waals surface area contributed by atoms with Crippen LogP contribution in [0.15, 0.2) is 58.8 Å². The standard InChI is InChI=1S/C18H17F3N2O3/c1-12(22-24-2)17(23-25-3)13-4-8-15(9-5-13)26-16-10-6-14(7-11-16)18(19,20)21/h4-11H,1-3H3/b22-12+,23-17-. The lowest BCUT2D eigenvalue weighted by Gasteiger charge is -2.10. The number of nitrogens with zero attached hydrogens (tertiary/aromatic N) is 2. The lowest BCUT2D eigenvalue weighted by atomic mass is 10.1. The summed E-state index contributed by atoms with van der Waals surface area (Å²) in [5.74, 6) is 0.764. The van der Waals surface area contributed by atoms with Crippen molar-refractivity contribution in [3.05, 3.63) is 59.7 Å². The van der Waals surface area contributed by atoms with Crippen molar-refractivity contribution in [1.82, 2.24) is 0 Å². The fraction of sp³-hybridized carbons (Fsp3) is 0.222. The third kappa shape index (κ3) is 4.98. The summed E-state index contributed by atoms with van der Waals surface area (Å²) in [6.07, 6.45) is -4.38. The van der Waals surface area contributed by atoms with E-state index in [9.17, 15) is 13.2 Å². The van der Waals surface area contributed by atoms with Crippen LogP contribution in [0, 0.1) is 0 Å². The fourth-order valence-electron chi connectivity index (χ4n) is 2.13. The van der Waals surface area contributed by atoms with Crippen LogP contribution in [0.1, 0.15) is 18.1 Å². The van der Waals surface area contributed by atoms with E-state index in [1.165, 1.54) is 26.4 Å². The molecular weight excluding hydrogens is 349 g/mol. The number of hydrogen-bond acceptors (Lipinski definition) is 5. The van der Waals surface area contributed by atoms with Crippen LogP contribution in [-0.2, 0) is 15.9 Å². The Kier molecular flexibility index (Phi) is 6.21. The van der Waals surface area contributed by atoms with Crippen LogP contribution in [0.5, 0.6) is 11.5 Å². The van der Waals surface area contributed by atoms with Gasteiger partial charge in [0.2, 0.25) is 0 Å². The number of oxime groups is 2. The summed E-state index contributed by atoms with van der Waals surface area (Å²) in [6.45, 7) is 1.72. The summed E-state index contributed by atoms with van der Waals surface area (Å²) in [6, 6.07) is 11.3. The van der Waals surface area contributed by atoms with Crippen molar-refractivity contribution in [3.8, 4) is 11.5 Å². The molecule has 0 saturated carbocycles. The summed E-state index contributed by atoms with van der Waals surface area (Å²) in [7, 11) is 2.84. The first-order chi connectivity index (χ1) is 12.3. The normalized spacial score (nSPS) is 12.7. The fourth-order valence-corrected chi connectivity index (χ4v) is 2.13. The summed E-state index contributed by atoms with van der Waals surface area (Å²) in [4.78, 5) is 9.55. The maximum atomic E-state index is 12.6. The molecule has 0 fully saturated rings. The molecular formula is C18H17F3N2O3. The topological polar surface area (TPSA) is 52.4 Å². The molecule has 0 atom stereocenters. The van der Waals surface area contributed by atoms with E-state index >= 15 is 0 Å². The van der Waals surface area contributed by atoms with Crippen LogP contribution < -0.4 is 4.74 Å². The quantitative estimate of drug-likeness (QED) is 0.541. The van der Waals surface area contributed by atoms with Crippen molar-refractivity contribution >= 4 is 11.4 Å². The minimum atomic E-state index is -4.38. The Morgan fingerprint density at radius 3 is 1.77 bits per heavy atom. The second kappa shape index (κ2) is 8.37. The molecule has 2 aromatic rings. The lowest BCUT2D eigenvalue weighted by molar-refractivity contribution is -0.137. The SMILES string of the molecule is CO/N=C(C)/C(=N/OC)c1ccc(Oc2ccc(C(F)(F)F)cc2)cc1. The van der Waals surface area contributed by atoms with Gasteiger partial charge in [0.25, 0.3) is 0 Å². The highest BCUT2D eigenvalue weighted by Gasteiger charge is 2.30. The van der Waals surface area contributed by atoms with E-state index in [1.54, 1.807) is 31.2 Å². The zero-order valence-electron chi connectivity index (χ0n) is 14.4. The Hall–Kier alpha value is -3.03. The number of hydrogen-bond donors (Lipinski definition) is 0. The number of benzene rings is 2. The first kappa shape index (κ1) is 19.3. The molecule has 0 aromatic heterocycles. The summed E-state index contributed by atoms with van der Waals surface area (Å²) in [5.41, 5.74) is 0.986. The Balaban J connectivity index is 2.16. The average molecular weight is 366 g/mol. The Labute approximate surface area is 148 Å². The molecule has 0 amide bonds. The van der Waals surface area contributed by atoms with E-state index in [4.69, 9.17) is 14.4 Å². The molecule has 0 aliphatic heterocycles. The van der Waals surface area contributed by atoms with E-state index in [0.29, 0.717) is 28.5 Å². The smallest absolute Gasteiger partial charge is 0.416 e. The van der Waals surface area contributed by atoms with Crippen LogP contribution in [0.3, 0.4) is 0 Å². The van der Waals surface area contributed by atoms with Gasteiger partial charge in [-0.05, 0) is 55.5 Å². The summed E-state index contributed by atoms with van der Waals surface area (Å²) < 4.78 is 43.3. The predicted octanol–water partition coefficient (Wildman–Crippen LogP) is 4.87. The molecule has 0 N–H and O–H groups in total. The summed E-state index contributed by atoms with van der Waals surface area (Å²) in [5, 5.41) is 7.74. The van der Waals surface area contributed by atoms with Crippen LogP contribution in [0.2, 0.25) is 0 Å². The summed E-state index contributed by atoms with van der Waals surface area (Å²) >= 11 is 0. The number of alkyl halides is 3. The van der Waals surface area contributed by atoms with Crippen LogP contribution in [0.25, 0.3) is 0 Å². The predicted molar refractivity (Wildman–Crippen MR) is 91.6 cm³/mol.